The van der Waals surface area contributed by atoms with Crippen LogP contribution in [0.15, 0.2) is 0 Å². The third kappa shape index (κ3) is 3.13. The minimum absolute atomic E-state index is 0.0475. The summed E-state index contributed by atoms with van der Waals surface area (Å²) in [4.78, 5) is 11.7. The van der Waals surface area contributed by atoms with E-state index in [2.05, 4.69) is 17.6 Å². The fourth-order valence-corrected chi connectivity index (χ4v) is 2.74. The van der Waals surface area contributed by atoms with Crippen LogP contribution < -0.4 is 10.6 Å². The Morgan fingerprint density at radius 2 is 1.75 bits per heavy atom. The van der Waals surface area contributed by atoms with Crippen molar-refractivity contribution >= 4 is 6.03 Å². The molecule has 0 aromatic carbocycles. The van der Waals surface area contributed by atoms with E-state index in [-0.39, 0.29) is 6.03 Å². The summed E-state index contributed by atoms with van der Waals surface area (Å²) in [6, 6.07) is 0.811. The van der Waals surface area contributed by atoms with E-state index in [1.165, 1.54) is 38.5 Å². The summed E-state index contributed by atoms with van der Waals surface area (Å²) in [5, 5.41) is 6.18. The standard InChI is InChI=1S/C13H24N2O/c1-10(11-6-5-7-11)14-13(16)15-12-8-3-2-4-9-12/h10-12H,2-9H2,1H3,(H2,14,15,16). The van der Waals surface area contributed by atoms with Gasteiger partial charge in [-0.3, -0.25) is 0 Å². The fourth-order valence-electron chi connectivity index (χ4n) is 2.74. The first kappa shape index (κ1) is 11.7. The Bertz CT molecular complexity index is 226. The average molecular weight is 224 g/mol. The molecular formula is C13H24N2O. The van der Waals surface area contributed by atoms with Gasteiger partial charge >= 0.3 is 6.03 Å². The molecule has 16 heavy (non-hydrogen) atoms. The number of hydrogen-bond acceptors (Lipinski definition) is 1. The molecule has 0 saturated heterocycles. The van der Waals surface area contributed by atoms with Gasteiger partial charge in [-0.2, -0.15) is 0 Å². The van der Waals surface area contributed by atoms with Gasteiger partial charge in [-0.05, 0) is 38.5 Å². The summed E-state index contributed by atoms with van der Waals surface area (Å²) < 4.78 is 0. The van der Waals surface area contributed by atoms with E-state index in [0.717, 1.165) is 18.8 Å². The zero-order chi connectivity index (χ0) is 11.4. The highest BCUT2D eigenvalue weighted by Gasteiger charge is 2.25. The van der Waals surface area contributed by atoms with Gasteiger partial charge in [-0.1, -0.05) is 25.7 Å². The molecule has 2 rings (SSSR count). The first-order chi connectivity index (χ1) is 7.75. The SMILES string of the molecule is CC(NC(=O)NC1CCCCC1)C1CCC1. The molecular weight excluding hydrogens is 200 g/mol. The molecule has 3 nitrogen and oxygen atoms in total. The van der Waals surface area contributed by atoms with Crippen molar-refractivity contribution in [2.24, 2.45) is 5.92 Å². The van der Waals surface area contributed by atoms with Crippen LogP contribution in [0, 0.1) is 5.92 Å². The molecule has 0 spiro atoms. The van der Waals surface area contributed by atoms with Crippen LogP contribution in [0.2, 0.25) is 0 Å². The summed E-state index contributed by atoms with van der Waals surface area (Å²) in [7, 11) is 0. The molecule has 0 heterocycles. The van der Waals surface area contributed by atoms with E-state index in [1.54, 1.807) is 0 Å². The van der Waals surface area contributed by atoms with Crippen molar-refractivity contribution in [2.45, 2.75) is 70.4 Å². The highest BCUT2D eigenvalue weighted by molar-refractivity contribution is 5.74. The smallest absolute Gasteiger partial charge is 0.315 e. The van der Waals surface area contributed by atoms with Crippen molar-refractivity contribution in [3.63, 3.8) is 0 Å². The third-order valence-corrected chi connectivity index (χ3v) is 4.16. The zero-order valence-corrected chi connectivity index (χ0v) is 10.3. The highest BCUT2D eigenvalue weighted by atomic mass is 16.2. The molecule has 2 aliphatic carbocycles. The second kappa shape index (κ2) is 5.55. The maximum Gasteiger partial charge on any atom is 0.315 e. The predicted molar refractivity (Wildman–Crippen MR) is 65.3 cm³/mol. The van der Waals surface area contributed by atoms with E-state index in [0.29, 0.717) is 12.1 Å². The number of carbonyl (C=O) groups is 1. The maximum absolute atomic E-state index is 11.7. The number of rotatable bonds is 3. The molecule has 92 valence electrons. The van der Waals surface area contributed by atoms with Crippen LogP contribution in [0.5, 0.6) is 0 Å². The van der Waals surface area contributed by atoms with Crippen LogP contribution in [0.3, 0.4) is 0 Å². The molecule has 2 saturated carbocycles. The Kier molecular flexibility index (Phi) is 4.08. The van der Waals surface area contributed by atoms with Crippen molar-refractivity contribution in [1.29, 1.82) is 0 Å². The van der Waals surface area contributed by atoms with Gasteiger partial charge in [0.15, 0.2) is 0 Å². The molecule has 2 amide bonds. The fraction of sp³-hybridized carbons (Fsp3) is 0.923. The Morgan fingerprint density at radius 1 is 1.06 bits per heavy atom. The van der Waals surface area contributed by atoms with Crippen LogP contribution in [0.4, 0.5) is 4.79 Å². The van der Waals surface area contributed by atoms with Crippen molar-refractivity contribution in [1.82, 2.24) is 10.6 Å². The molecule has 0 aromatic heterocycles. The molecule has 0 radical (unpaired) electrons. The van der Waals surface area contributed by atoms with E-state index < -0.39 is 0 Å². The summed E-state index contributed by atoms with van der Waals surface area (Å²) in [6.07, 6.45) is 10.1. The zero-order valence-electron chi connectivity index (χ0n) is 10.3. The van der Waals surface area contributed by atoms with Gasteiger partial charge in [0.05, 0.1) is 0 Å². The maximum atomic E-state index is 11.7. The second-order valence-corrected chi connectivity index (χ2v) is 5.43. The van der Waals surface area contributed by atoms with E-state index >= 15 is 0 Å². The van der Waals surface area contributed by atoms with Crippen LogP contribution >= 0.6 is 0 Å². The monoisotopic (exact) mass is 224 g/mol. The molecule has 1 atom stereocenters. The number of carbonyl (C=O) groups excluding carboxylic acids is 1. The lowest BCUT2D eigenvalue weighted by atomic mass is 9.80. The topological polar surface area (TPSA) is 41.1 Å². The van der Waals surface area contributed by atoms with Crippen molar-refractivity contribution in [2.75, 3.05) is 0 Å². The Labute approximate surface area is 98.4 Å². The molecule has 3 heteroatoms. The Balaban J connectivity index is 1.66. The summed E-state index contributed by atoms with van der Waals surface area (Å²) in [6.45, 7) is 2.13. The Hall–Kier alpha value is -0.730. The molecule has 0 aromatic rings. The van der Waals surface area contributed by atoms with Gasteiger partial charge in [0, 0.05) is 12.1 Å². The molecule has 1 unspecified atom stereocenters. The van der Waals surface area contributed by atoms with Gasteiger partial charge in [0.2, 0.25) is 0 Å². The normalized spacial score (nSPS) is 24.6. The lowest BCUT2D eigenvalue weighted by molar-refractivity contribution is 0.207. The lowest BCUT2D eigenvalue weighted by Gasteiger charge is -2.32. The van der Waals surface area contributed by atoms with Gasteiger partial charge in [0.25, 0.3) is 0 Å². The van der Waals surface area contributed by atoms with Gasteiger partial charge in [-0.15, -0.1) is 0 Å². The van der Waals surface area contributed by atoms with Crippen molar-refractivity contribution < 1.29 is 4.79 Å². The third-order valence-electron chi connectivity index (χ3n) is 4.16. The average Bonchev–Trinajstić information content (AvgIpc) is 2.15. The van der Waals surface area contributed by atoms with Gasteiger partial charge in [0.1, 0.15) is 0 Å². The van der Waals surface area contributed by atoms with Crippen LogP contribution in [-0.2, 0) is 0 Å². The number of urea groups is 1. The van der Waals surface area contributed by atoms with Crippen molar-refractivity contribution in [3.8, 4) is 0 Å². The molecule has 0 bridgehead atoms. The minimum Gasteiger partial charge on any atom is -0.335 e. The quantitative estimate of drug-likeness (QED) is 0.760. The van der Waals surface area contributed by atoms with Gasteiger partial charge < -0.3 is 10.6 Å². The number of hydrogen-bond donors (Lipinski definition) is 2. The second-order valence-electron chi connectivity index (χ2n) is 5.43. The summed E-state index contributed by atoms with van der Waals surface area (Å²) in [5.74, 6) is 0.720. The highest BCUT2D eigenvalue weighted by Crippen LogP contribution is 2.29. The van der Waals surface area contributed by atoms with E-state index in [4.69, 9.17) is 0 Å². The first-order valence-electron chi connectivity index (χ1n) is 6.83. The number of amides is 2. The summed E-state index contributed by atoms with van der Waals surface area (Å²) >= 11 is 0. The van der Waals surface area contributed by atoms with Gasteiger partial charge in [-0.25, -0.2) is 4.79 Å². The Morgan fingerprint density at radius 3 is 2.31 bits per heavy atom. The first-order valence-corrected chi connectivity index (χ1v) is 6.83. The van der Waals surface area contributed by atoms with E-state index in [1.807, 2.05) is 0 Å². The molecule has 2 N–H and O–H groups in total. The van der Waals surface area contributed by atoms with E-state index in [9.17, 15) is 4.79 Å². The lowest BCUT2D eigenvalue weighted by Crippen LogP contribution is -2.49. The number of nitrogens with one attached hydrogen (secondary N) is 2. The molecule has 0 aliphatic heterocycles. The van der Waals surface area contributed by atoms with Crippen molar-refractivity contribution in [3.05, 3.63) is 0 Å². The largest absolute Gasteiger partial charge is 0.335 e. The van der Waals surface area contributed by atoms with Crippen LogP contribution in [0.25, 0.3) is 0 Å². The van der Waals surface area contributed by atoms with Crippen LogP contribution in [0.1, 0.15) is 58.3 Å². The molecule has 2 fully saturated rings. The predicted octanol–water partition coefficient (Wildman–Crippen LogP) is 2.81. The summed E-state index contributed by atoms with van der Waals surface area (Å²) in [5.41, 5.74) is 0. The minimum atomic E-state index is 0.0475. The molecule has 2 aliphatic rings. The van der Waals surface area contributed by atoms with Crippen LogP contribution in [-0.4, -0.2) is 18.1 Å².